The quantitative estimate of drug-likeness (QED) is 0.574. The van der Waals surface area contributed by atoms with Gasteiger partial charge in [0.1, 0.15) is 11.6 Å². The number of aliphatic hydroxyl groups excluding tert-OH is 1. The van der Waals surface area contributed by atoms with E-state index in [-0.39, 0.29) is 12.2 Å². The summed E-state index contributed by atoms with van der Waals surface area (Å²) < 4.78 is 0. The maximum atomic E-state index is 11.9. The molecule has 1 aromatic carbocycles. The molecule has 0 saturated heterocycles. The van der Waals surface area contributed by atoms with Crippen LogP contribution in [0.4, 0.5) is 0 Å². The molecule has 0 radical (unpaired) electrons. The Morgan fingerprint density at radius 3 is 2.70 bits per heavy atom. The molecule has 0 bridgehead atoms. The molecule has 106 valence electrons. The zero-order valence-corrected chi connectivity index (χ0v) is 11.5. The molecular formula is C15H19N3O2. The van der Waals surface area contributed by atoms with Gasteiger partial charge in [0.2, 0.25) is 0 Å². The number of aliphatic hydroxyl groups is 1. The number of likely N-dealkylation sites (N-methyl/N-ethyl adjacent to an activating group) is 1. The van der Waals surface area contributed by atoms with Gasteiger partial charge >= 0.3 is 0 Å². The van der Waals surface area contributed by atoms with Gasteiger partial charge in [-0.25, -0.2) is 0 Å². The van der Waals surface area contributed by atoms with E-state index in [1.54, 1.807) is 4.90 Å². The van der Waals surface area contributed by atoms with Crippen LogP contribution in [-0.2, 0) is 11.3 Å². The predicted octanol–water partition coefficient (Wildman–Crippen LogP) is 1.02. The van der Waals surface area contributed by atoms with Crippen molar-refractivity contribution >= 4 is 5.91 Å². The van der Waals surface area contributed by atoms with Crippen LogP contribution in [0.2, 0.25) is 0 Å². The molecule has 20 heavy (non-hydrogen) atoms. The minimum atomic E-state index is -0.409. The molecular weight excluding hydrogens is 254 g/mol. The van der Waals surface area contributed by atoms with Crippen molar-refractivity contribution in [3.8, 4) is 6.07 Å². The van der Waals surface area contributed by atoms with E-state index in [0.717, 1.165) is 5.56 Å². The maximum absolute atomic E-state index is 11.9. The van der Waals surface area contributed by atoms with E-state index in [0.29, 0.717) is 19.6 Å². The largest absolute Gasteiger partial charge is 0.395 e. The summed E-state index contributed by atoms with van der Waals surface area (Å²) in [5.74, 6) is -0.409. The fourth-order valence-corrected chi connectivity index (χ4v) is 1.64. The molecule has 1 amide bonds. The van der Waals surface area contributed by atoms with Crippen LogP contribution in [0.1, 0.15) is 12.5 Å². The summed E-state index contributed by atoms with van der Waals surface area (Å²) in [7, 11) is 0. The van der Waals surface area contributed by atoms with Crippen molar-refractivity contribution in [3.05, 3.63) is 47.7 Å². The van der Waals surface area contributed by atoms with Crippen molar-refractivity contribution in [1.82, 2.24) is 10.2 Å². The van der Waals surface area contributed by atoms with E-state index in [2.05, 4.69) is 5.32 Å². The first-order valence-corrected chi connectivity index (χ1v) is 6.50. The zero-order valence-electron chi connectivity index (χ0n) is 11.5. The van der Waals surface area contributed by atoms with Crippen molar-refractivity contribution in [2.24, 2.45) is 0 Å². The van der Waals surface area contributed by atoms with Crippen LogP contribution in [0.25, 0.3) is 0 Å². The molecule has 0 spiro atoms. The highest BCUT2D eigenvalue weighted by atomic mass is 16.3. The number of carbonyl (C=O) groups is 1. The zero-order chi connectivity index (χ0) is 14.8. The Labute approximate surface area is 119 Å². The minimum absolute atomic E-state index is 0.0192. The smallest absolute Gasteiger partial charge is 0.263 e. The second-order valence-electron chi connectivity index (χ2n) is 4.18. The SMILES string of the molecule is CCN(/C=C(/C#N)C(=O)NCc1ccccc1)CCO. The monoisotopic (exact) mass is 273 g/mol. The minimum Gasteiger partial charge on any atom is -0.395 e. The molecule has 0 saturated carbocycles. The first-order chi connectivity index (χ1) is 9.71. The van der Waals surface area contributed by atoms with Gasteiger partial charge in [-0.05, 0) is 12.5 Å². The lowest BCUT2D eigenvalue weighted by molar-refractivity contribution is -0.117. The van der Waals surface area contributed by atoms with Crippen LogP contribution in [0.15, 0.2) is 42.1 Å². The molecule has 0 aliphatic heterocycles. The summed E-state index contributed by atoms with van der Waals surface area (Å²) in [6.07, 6.45) is 1.48. The maximum Gasteiger partial charge on any atom is 0.263 e. The fourth-order valence-electron chi connectivity index (χ4n) is 1.64. The molecule has 0 fully saturated rings. The number of rotatable bonds is 7. The van der Waals surface area contributed by atoms with Crippen LogP contribution >= 0.6 is 0 Å². The second-order valence-corrected chi connectivity index (χ2v) is 4.18. The van der Waals surface area contributed by atoms with Gasteiger partial charge in [0.15, 0.2) is 0 Å². The summed E-state index contributed by atoms with van der Waals surface area (Å²) in [6, 6.07) is 11.4. The van der Waals surface area contributed by atoms with Crippen molar-refractivity contribution in [3.63, 3.8) is 0 Å². The Bertz CT molecular complexity index is 492. The molecule has 0 aromatic heterocycles. The molecule has 0 heterocycles. The van der Waals surface area contributed by atoms with Gasteiger partial charge in [-0.3, -0.25) is 4.79 Å². The van der Waals surface area contributed by atoms with Crippen LogP contribution < -0.4 is 5.32 Å². The average molecular weight is 273 g/mol. The van der Waals surface area contributed by atoms with Crippen molar-refractivity contribution in [2.45, 2.75) is 13.5 Å². The van der Waals surface area contributed by atoms with Gasteiger partial charge in [0, 0.05) is 25.8 Å². The van der Waals surface area contributed by atoms with Crippen LogP contribution in [0.3, 0.4) is 0 Å². The van der Waals surface area contributed by atoms with E-state index >= 15 is 0 Å². The normalized spacial score (nSPS) is 10.8. The summed E-state index contributed by atoms with van der Waals surface area (Å²) >= 11 is 0. The molecule has 0 aliphatic rings. The molecule has 5 nitrogen and oxygen atoms in total. The number of hydrogen-bond donors (Lipinski definition) is 2. The van der Waals surface area contributed by atoms with Crippen molar-refractivity contribution < 1.29 is 9.90 Å². The van der Waals surface area contributed by atoms with Gasteiger partial charge in [0.05, 0.1) is 6.61 Å². The van der Waals surface area contributed by atoms with E-state index in [1.807, 2.05) is 43.3 Å². The van der Waals surface area contributed by atoms with Gasteiger partial charge in [-0.2, -0.15) is 5.26 Å². The molecule has 1 rings (SSSR count). The molecule has 1 aromatic rings. The predicted molar refractivity (Wildman–Crippen MR) is 76.3 cm³/mol. The van der Waals surface area contributed by atoms with E-state index in [1.165, 1.54) is 6.20 Å². The highest BCUT2D eigenvalue weighted by Gasteiger charge is 2.10. The third kappa shape index (κ3) is 5.12. The fraction of sp³-hybridized carbons (Fsp3) is 0.333. The number of benzene rings is 1. The van der Waals surface area contributed by atoms with Crippen molar-refractivity contribution in [1.29, 1.82) is 5.26 Å². The average Bonchev–Trinajstić information content (AvgIpc) is 2.50. The number of hydrogen-bond acceptors (Lipinski definition) is 4. The summed E-state index contributed by atoms with van der Waals surface area (Å²) in [5.41, 5.74) is 1.01. The van der Waals surface area contributed by atoms with E-state index in [9.17, 15) is 4.79 Å². The van der Waals surface area contributed by atoms with Gasteiger partial charge in [0.25, 0.3) is 5.91 Å². The summed E-state index contributed by atoms with van der Waals surface area (Å²) in [5, 5.41) is 20.6. The highest BCUT2D eigenvalue weighted by Crippen LogP contribution is 2.01. The van der Waals surface area contributed by atoms with E-state index < -0.39 is 5.91 Å². The number of carbonyl (C=O) groups excluding carboxylic acids is 1. The molecule has 2 N–H and O–H groups in total. The number of amides is 1. The number of nitrogens with zero attached hydrogens (tertiary/aromatic N) is 2. The molecule has 0 unspecified atom stereocenters. The second kappa shape index (κ2) is 8.73. The van der Waals surface area contributed by atoms with Crippen LogP contribution in [0.5, 0.6) is 0 Å². The Balaban J connectivity index is 2.63. The Kier molecular flexibility index (Phi) is 6.87. The highest BCUT2D eigenvalue weighted by molar-refractivity contribution is 5.97. The summed E-state index contributed by atoms with van der Waals surface area (Å²) in [4.78, 5) is 13.6. The molecule has 0 aliphatic carbocycles. The standard InChI is InChI=1S/C15H19N3O2/c1-2-18(8-9-19)12-14(10-16)15(20)17-11-13-6-4-3-5-7-13/h3-7,12,19H,2,8-9,11H2,1H3,(H,17,20)/b14-12-. The number of nitrogens with one attached hydrogen (secondary N) is 1. The Hall–Kier alpha value is -2.32. The van der Waals surface area contributed by atoms with Crippen molar-refractivity contribution in [2.75, 3.05) is 19.7 Å². The van der Waals surface area contributed by atoms with Gasteiger partial charge in [-0.15, -0.1) is 0 Å². The first-order valence-electron chi connectivity index (χ1n) is 6.50. The van der Waals surface area contributed by atoms with Gasteiger partial charge in [-0.1, -0.05) is 30.3 Å². The third-order valence-electron chi connectivity index (χ3n) is 2.77. The van der Waals surface area contributed by atoms with Crippen LogP contribution in [-0.4, -0.2) is 35.6 Å². The summed E-state index contributed by atoms with van der Waals surface area (Å²) in [6.45, 7) is 3.27. The van der Waals surface area contributed by atoms with Crippen LogP contribution in [0, 0.1) is 11.3 Å². The first kappa shape index (κ1) is 15.7. The van der Waals surface area contributed by atoms with E-state index in [4.69, 9.17) is 10.4 Å². The van der Waals surface area contributed by atoms with Gasteiger partial charge < -0.3 is 15.3 Å². The molecule has 5 heteroatoms. The topological polar surface area (TPSA) is 76.4 Å². The third-order valence-corrected chi connectivity index (χ3v) is 2.77. The lowest BCUT2D eigenvalue weighted by atomic mass is 10.2. The molecule has 0 atom stereocenters. The number of nitriles is 1. The lowest BCUT2D eigenvalue weighted by Crippen LogP contribution is -2.27. The lowest BCUT2D eigenvalue weighted by Gasteiger charge is -2.17. The Morgan fingerprint density at radius 2 is 2.15 bits per heavy atom. The Morgan fingerprint density at radius 1 is 1.45 bits per heavy atom.